The van der Waals surface area contributed by atoms with Gasteiger partial charge in [-0.3, -0.25) is 4.98 Å². The number of rotatable bonds is 3. The normalized spacial score (nSPS) is 11.4. The van der Waals surface area contributed by atoms with Gasteiger partial charge in [-0.2, -0.15) is 5.10 Å². The average Bonchev–Trinajstić information content (AvgIpc) is 3.17. The maximum absolute atomic E-state index is 6.47. The van der Waals surface area contributed by atoms with Crippen molar-refractivity contribution in [3.8, 4) is 22.7 Å². The minimum atomic E-state index is 0.713. The van der Waals surface area contributed by atoms with Gasteiger partial charge in [-0.05, 0) is 73.9 Å². The zero-order valence-corrected chi connectivity index (χ0v) is 18.7. The van der Waals surface area contributed by atoms with Crippen molar-refractivity contribution >= 4 is 33.4 Å². The molecule has 5 rings (SSSR count). The first kappa shape index (κ1) is 19.6. The molecule has 5 heteroatoms. The van der Waals surface area contributed by atoms with E-state index in [9.17, 15) is 0 Å². The first-order chi connectivity index (χ1) is 15.0. The molecule has 0 bridgehead atoms. The van der Waals surface area contributed by atoms with E-state index in [1.54, 1.807) is 7.11 Å². The molecule has 0 amide bonds. The molecule has 0 aliphatic rings. The summed E-state index contributed by atoms with van der Waals surface area (Å²) in [5.41, 5.74) is 8.26. The molecule has 0 N–H and O–H groups in total. The Hall–Kier alpha value is -3.37. The number of aromatic nitrogens is 3. The fourth-order valence-electron chi connectivity index (χ4n) is 3.89. The topological polar surface area (TPSA) is 39.9 Å². The van der Waals surface area contributed by atoms with Gasteiger partial charge in [0.05, 0.1) is 23.8 Å². The standard InChI is InChI=1S/C26H22ClN3O/c1-15-5-7-18(11-17(15)3)25-22-14-28-24-10-9-20(31-4)13-21(24)26(22)30(29-25)19-8-6-16(2)23(27)12-19/h5-14H,1-4H3. The minimum absolute atomic E-state index is 0.713. The van der Waals surface area contributed by atoms with Crippen molar-refractivity contribution in [1.82, 2.24) is 14.8 Å². The molecule has 0 fully saturated rings. The number of fused-ring (bicyclic) bond motifs is 3. The van der Waals surface area contributed by atoms with Crippen molar-refractivity contribution in [2.24, 2.45) is 0 Å². The molecule has 0 spiro atoms. The van der Waals surface area contributed by atoms with Crippen molar-refractivity contribution in [2.75, 3.05) is 7.11 Å². The van der Waals surface area contributed by atoms with Crippen LogP contribution in [-0.2, 0) is 0 Å². The zero-order valence-electron chi connectivity index (χ0n) is 17.9. The highest BCUT2D eigenvalue weighted by molar-refractivity contribution is 6.31. The average molecular weight is 428 g/mol. The molecule has 31 heavy (non-hydrogen) atoms. The lowest BCUT2D eigenvalue weighted by molar-refractivity contribution is 0.415. The van der Waals surface area contributed by atoms with E-state index in [2.05, 4.69) is 32.0 Å². The smallest absolute Gasteiger partial charge is 0.119 e. The van der Waals surface area contributed by atoms with Crippen LogP contribution in [0.15, 0.2) is 60.8 Å². The molecule has 0 atom stereocenters. The van der Waals surface area contributed by atoms with Crippen LogP contribution in [0.1, 0.15) is 16.7 Å². The number of hydrogen-bond acceptors (Lipinski definition) is 3. The molecule has 4 nitrogen and oxygen atoms in total. The number of pyridine rings is 1. The molecular weight excluding hydrogens is 406 g/mol. The lowest BCUT2D eigenvalue weighted by atomic mass is 10.0. The molecule has 3 aromatic carbocycles. The van der Waals surface area contributed by atoms with Gasteiger partial charge in [-0.1, -0.05) is 29.8 Å². The van der Waals surface area contributed by atoms with Gasteiger partial charge in [0.25, 0.3) is 0 Å². The van der Waals surface area contributed by atoms with Gasteiger partial charge in [0.1, 0.15) is 11.4 Å². The monoisotopic (exact) mass is 427 g/mol. The Balaban J connectivity index is 1.90. The van der Waals surface area contributed by atoms with Crippen LogP contribution in [-0.4, -0.2) is 21.9 Å². The van der Waals surface area contributed by atoms with E-state index in [-0.39, 0.29) is 0 Å². The number of nitrogens with zero attached hydrogens (tertiary/aromatic N) is 3. The highest BCUT2D eigenvalue weighted by atomic mass is 35.5. The predicted octanol–water partition coefficient (Wildman–Crippen LogP) is 6.83. The molecule has 0 saturated heterocycles. The van der Waals surface area contributed by atoms with Crippen LogP contribution in [0.4, 0.5) is 0 Å². The van der Waals surface area contributed by atoms with E-state index < -0.39 is 0 Å². The quantitative estimate of drug-likeness (QED) is 0.317. The first-order valence-electron chi connectivity index (χ1n) is 10.2. The second kappa shape index (κ2) is 7.40. The molecule has 2 aromatic heterocycles. The third-order valence-corrected chi connectivity index (χ3v) is 6.30. The molecule has 5 aromatic rings. The van der Waals surface area contributed by atoms with Crippen LogP contribution >= 0.6 is 11.6 Å². The Bertz CT molecular complexity index is 1470. The number of aryl methyl sites for hydroxylation is 3. The van der Waals surface area contributed by atoms with Crippen LogP contribution in [0.2, 0.25) is 5.02 Å². The third kappa shape index (κ3) is 3.24. The Morgan fingerprint density at radius 2 is 1.65 bits per heavy atom. The first-order valence-corrected chi connectivity index (χ1v) is 10.5. The third-order valence-electron chi connectivity index (χ3n) is 5.89. The SMILES string of the molecule is COc1ccc2ncc3c(-c4ccc(C)c(C)c4)nn(-c4ccc(C)c(Cl)c4)c3c2c1. The summed E-state index contributed by atoms with van der Waals surface area (Å²) in [6, 6.07) is 18.4. The summed E-state index contributed by atoms with van der Waals surface area (Å²) in [5, 5.41) is 7.74. The van der Waals surface area contributed by atoms with E-state index in [1.165, 1.54) is 11.1 Å². The molecule has 0 aliphatic carbocycles. The summed E-state index contributed by atoms with van der Waals surface area (Å²) in [7, 11) is 1.67. The van der Waals surface area contributed by atoms with Gasteiger partial charge in [-0.25, -0.2) is 4.68 Å². The lowest BCUT2D eigenvalue weighted by Crippen LogP contribution is -1.98. The van der Waals surface area contributed by atoms with Gasteiger partial charge >= 0.3 is 0 Å². The highest BCUT2D eigenvalue weighted by Gasteiger charge is 2.18. The van der Waals surface area contributed by atoms with Crippen LogP contribution in [0.3, 0.4) is 0 Å². The largest absolute Gasteiger partial charge is 0.497 e. The lowest BCUT2D eigenvalue weighted by Gasteiger charge is -2.08. The van der Waals surface area contributed by atoms with Gasteiger partial charge < -0.3 is 4.74 Å². The van der Waals surface area contributed by atoms with E-state index in [0.717, 1.165) is 50.1 Å². The van der Waals surface area contributed by atoms with E-state index in [4.69, 9.17) is 26.4 Å². The number of methoxy groups -OCH3 is 1. The van der Waals surface area contributed by atoms with Gasteiger partial charge in [0, 0.05) is 27.6 Å². The number of hydrogen-bond donors (Lipinski definition) is 0. The van der Waals surface area contributed by atoms with Crippen LogP contribution < -0.4 is 4.74 Å². The van der Waals surface area contributed by atoms with Crippen molar-refractivity contribution in [3.05, 3.63) is 82.5 Å². The molecule has 0 aliphatic heterocycles. The highest BCUT2D eigenvalue weighted by Crippen LogP contribution is 2.36. The Kier molecular flexibility index (Phi) is 4.67. The molecule has 0 radical (unpaired) electrons. The predicted molar refractivity (Wildman–Crippen MR) is 128 cm³/mol. The van der Waals surface area contributed by atoms with Crippen molar-refractivity contribution < 1.29 is 4.74 Å². The number of ether oxygens (including phenoxy) is 1. The van der Waals surface area contributed by atoms with E-state index in [0.29, 0.717) is 5.02 Å². The van der Waals surface area contributed by atoms with Crippen molar-refractivity contribution in [2.45, 2.75) is 20.8 Å². The summed E-state index contributed by atoms with van der Waals surface area (Å²) in [6.07, 6.45) is 1.91. The van der Waals surface area contributed by atoms with Crippen LogP contribution in [0.5, 0.6) is 5.75 Å². The van der Waals surface area contributed by atoms with Crippen molar-refractivity contribution in [1.29, 1.82) is 0 Å². The molecular formula is C26H22ClN3O. The van der Waals surface area contributed by atoms with E-state index in [1.807, 2.05) is 54.2 Å². The molecule has 0 saturated carbocycles. The Labute approximate surface area is 186 Å². The minimum Gasteiger partial charge on any atom is -0.497 e. The van der Waals surface area contributed by atoms with E-state index >= 15 is 0 Å². The maximum Gasteiger partial charge on any atom is 0.119 e. The second-order valence-corrected chi connectivity index (χ2v) is 8.30. The van der Waals surface area contributed by atoms with Gasteiger partial charge in [0.15, 0.2) is 0 Å². The summed E-state index contributed by atoms with van der Waals surface area (Å²) < 4.78 is 7.46. The van der Waals surface area contributed by atoms with Crippen LogP contribution in [0, 0.1) is 20.8 Å². The molecule has 0 unspecified atom stereocenters. The summed E-state index contributed by atoms with van der Waals surface area (Å²) in [6.45, 7) is 6.24. The molecule has 154 valence electrons. The van der Waals surface area contributed by atoms with Crippen molar-refractivity contribution in [3.63, 3.8) is 0 Å². The zero-order chi connectivity index (χ0) is 21.7. The van der Waals surface area contributed by atoms with Gasteiger partial charge in [-0.15, -0.1) is 0 Å². The fraction of sp³-hybridized carbons (Fsp3) is 0.154. The number of halogens is 1. The molecule has 2 heterocycles. The summed E-state index contributed by atoms with van der Waals surface area (Å²) in [5.74, 6) is 0.782. The Morgan fingerprint density at radius 1 is 0.839 bits per heavy atom. The Morgan fingerprint density at radius 3 is 2.39 bits per heavy atom. The van der Waals surface area contributed by atoms with Crippen LogP contribution in [0.25, 0.3) is 38.8 Å². The number of benzene rings is 3. The summed E-state index contributed by atoms with van der Waals surface area (Å²) >= 11 is 6.47. The fourth-order valence-corrected chi connectivity index (χ4v) is 4.07. The summed E-state index contributed by atoms with van der Waals surface area (Å²) in [4.78, 5) is 4.71. The second-order valence-electron chi connectivity index (χ2n) is 7.90. The maximum atomic E-state index is 6.47. The van der Waals surface area contributed by atoms with Gasteiger partial charge in [0.2, 0.25) is 0 Å².